The number of urea groups is 1. The van der Waals surface area contributed by atoms with Crippen LogP contribution < -0.4 is 16.2 Å². The number of carbonyl (C=O) groups excluding carboxylic acids is 2. The molecule has 0 radical (unpaired) electrons. The van der Waals surface area contributed by atoms with Crippen molar-refractivity contribution in [2.45, 2.75) is 56.4 Å². The van der Waals surface area contributed by atoms with Gasteiger partial charge in [0.1, 0.15) is 0 Å². The maximum atomic E-state index is 13.0. The Kier molecular flexibility index (Phi) is 8.38. The number of amides is 3. The van der Waals surface area contributed by atoms with Crippen LogP contribution in [0.25, 0.3) is 0 Å². The van der Waals surface area contributed by atoms with Crippen molar-refractivity contribution in [3.63, 3.8) is 0 Å². The highest BCUT2D eigenvalue weighted by molar-refractivity contribution is 5.97. The molecule has 17 heteroatoms. The Hall–Kier alpha value is -2.88. The molecule has 0 aliphatic heterocycles. The molecule has 0 fully saturated rings. The predicted molar refractivity (Wildman–Crippen MR) is 90.2 cm³/mol. The molecule has 1 rings (SSSR count). The van der Waals surface area contributed by atoms with E-state index in [1.54, 1.807) is 0 Å². The average molecular weight is 521 g/mol. The molecule has 0 aromatic heterocycles. The molecule has 0 spiro atoms. The zero-order valence-electron chi connectivity index (χ0n) is 16.7. The highest BCUT2D eigenvalue weighted by Crippen LogP contribution is 2.45. The molecule has 194 valence electrons. The number of benzene rings is 1. The summed E-state index contributed by atoms with van der Waals surface area (Å²) in [5, 5.41) is 0.619. The average Bonchev–Trinajstić information content (AvgIpc) is 2.60. The van der Waals surface area contributed by atoms with Gasteiger partial charge in [0, 0.05) is 5.56 Å². The molecule has 0 aliphatic rings. The summed E-state index contributed by atoms with van der Waals surface area (Å²) in [5.74, 6) is -1.72. The minimum absolute atomic E-state index is 0.394. The maximum absolute atomic E-state index is 13.0. The molecule has 34 heavy (non-hydrogen) atoms. The third-order valence-electron chi connectivity index (χ3n) is 4.33. The molecule has 0 bridgehead atoms. The molecule has 0 unspecified atom stereocenters. The van der Waals surface area contributed by atoms with Crippen LogP contribution in [0.4, 0.5) is 57.5 Å². The third-order valence-corrected chi connectivity index (χ3v) is 4.33. The number of carbonyl (C=O) groups is 2. The van der Waals surface area contributed by atoms with Crippen molar-refractivity contribution in [1.82, 2.24) is 16.2 Å². The van der Waals surface area contributed by atoms with Gasteiger partial charge < -0.3 is 5.32 Å². The van der Waals surface area contributed by atoms with Crippen LogP contribution in [0.15, 0.2) is 18.2 Å². The van der Waals surface area contributed by atoms with Crippen LogP contribution in [0.1, 0.15) is 34.8 Å². The second kappa shape index (κ2) is 9.77. The monoisotopic (exact) mass is 521 g/mol. The van der Waals surface area contributed by atoms with Gasteiger partial charge in [-0.25, -0.2) is 10.2 Å². The predicted octanol–water partition coefficient (Wildman–Crippen LogP) is 5.11. The van der Waals surface area contributed by atoms with E-state index in [9.17, 15) is 62.3 Å². The molecule has 0 atom stereocenters. The van der Waals surface area contributed by atoms with Gasteiger partial charge in [0.15, 0.2) is 0 Å². The van der Waals surface area contributed by atoms with Gasteiger partial charge in [-0.05, 0) is 23.6 Å². The molecule has 1 aromatic carbocycles. The summed E-state index contributed by atoms with van der Waals surface area (Å²) in [5.41, 5.74) is -4.92. The Balaban J connectivity index is 3.16. The number of hydrogen-bond acceptors (Lipinski definition) is 2. The van der Waals surface area contributed by atoms with Crippen molar-refractivity contribution >= 4 is 11.9 Å². The fraction of sp³-hybridized carbons (Fsp3) is 0.529. The standard InChI is InChI=1S/C17H15F12N3O2/c1-2-13(16(24,25)26,17(27,28)29)30-12(34)32-31-11(33)10-5-8(6-14(18,19)20)3-4-9(10)7-15(21,22)23/h3-5H,2,6-7H2,1H3,(H,31,33)(H2,30,32,34). The van der Waals surface area contributed by atoms with Gasteiger partial charge in [-0.3, -0.25) is 10.2 Å². The Morgan fingerprint density at radius 3 is 1.68 bits per heavy atom. The van der Waals surface area contributed by atoms with Crippen molar-refractivity contribution in [3.05, 3.63) is 34.9 Å². The Morgan fingerprint density at radius 2 is 1.26 bits per heavy atom. The summed E-state index contributed by atoms with van der Waals surface area (Å²) in [4.78, 5) is 23.8. The topological polar surface area (TPSA) is 70.2 Å². The van der Waals surface area contributed by atoms with Gasteiger partial charge in [0.25, 0.3) is 5.91 Å². The molecule has 1 aromatic rings. The minimum atomic E-state index is -6.03. The van der Waals surface area contributed by atoms with Crippen LogP contribution in [-0.4, -0.2) is 42.2 Å². The van der Waals surface area contributed by atoms with Crippen LogP contribution >= 0.6 is 0 Å². The number of hydrazine groups is 1. The SMILES string of the molecule is CCC(NC(=O)NNC(=O)c1cc(CC(F)(F)F)ccc1CC(F)(F)F)(C(F)(F)F)C(F)(F)F. The summed E-state index contributed by atoms with van der Waals surface area (Å²) < 4.78 is 154. The van der Waals surface area contributed by atoms with Crippen LogP contribution in [0, 0.1) is 0 Å². The number of alkyl halides is 12. The van der Waals surface area contributed by atoms with Gasteiger partial charge in [0.05, 0.1) is 12.8 Å². The van der Waals surface area contributed by atoms with E-state index in [0.29, 0.717) is 30.4 Å². The fourth-order valence-corrected chi connectivity index (χ4v) is 2.74. The first-order valence-corrected chi connectivity index (χ1v) is 8.89. The summed E-state index contributed by atoms with van der Waals surface area (Å²) in [7, 11) is 0. The lowest BCUT2D eigenvalue weighted by atomic mass is 9.94. The van der Waals surface area contributed by atoms with E-state index in [1.165, 1.54) is 5.43 Å². The molecular weight excluding hydrogens is 506 g/mol. The largest absolute Gasteiger partial charge is 0.420 e. The van der Waals surface area contributed by atoms with E-state index in [4.69, 9.17) is 0 Å². The van der Waals surface area contributed by atoms with E-state index < -0.39 is 78.1 Å². The highest BCUT2D eigenvalue weighted by atomic mass is 19.4. The summed E-state index contributed by atoms with van der Waals surface area (Å²) in [6.45, 7) is 0.454. The Labute approximate surface area is 182 Å². The summed E-state index contributed by atoms with van der Waals surface area (Å²) in [6, 6.07) is -0.661. The highest BCUT2D eigenvalue weighted by Gasteiger charge is 2.70. The van der Waals surface area contributed by atoms with Gasteiger partial charge in [-0.15, -0.1) is 0 Å². The van der Waals surface area contributed by atoms with Crippen LogP contribution in [0.2, 0.25) is 0 Å². The summed E-state index contributed by atoms with van der Waals surface area (Å²) >= 11 is 0. The van der Waals surface area contributed by atoms with Crippen molar-refractivity contribution in [3.8, 4) is 0 Å². The van der Waals surface area contributed by atoms with E-state index in [2.05, 4.69) is 0 Å². The molecule has 0 aliphatic carbocycles. The molecule has 5 nitrogen and oxygen atoms in total. The zero-order valence-corrected chi connectivity index (χ0v) is 16.7. The number of hydrogen-bond donors (Lipinski definition) is 3. The second-order valence-electron chi connectivity index (χ2n) is 6.86. The lowest BCUT2D eigenvalue weighted by Crippen LogP contribution is -2.69. The van der Waals surface area contributed by atoms with E-state index in [1.807, 2.05) is 0 Å². The van der Waals surface area contributed by atoms with Crippen LogP contribution in [0.3, 0.4) is 0 Å². The van der Waals surface area contributed by atoms with Gasteiger partial charge >= 0.3 is 30.7 Å². The first-order valence-electron chi connectivity index (χ1n) is 8.89. The first kappa shape index (κ1) is 29.2. The maximum Gasteiger partial charge on any atom is 0.420 e. The Morgan fingerprint density at radius 1 is 0.765 bits per heavy atom. The van der Waals surface area contributed by atoms with Gasteiger partial charge in [-0.2, -0.15) is 52.7 Å². The van der Waals surface area contributed by atoms with E-state index in [0.717, 1.165) is 5.43 Å². The molecule has 0 saturated carbocycles. The second-order valence-corrected chi connectivity index (χ2v) is 6.86. The van der Waals surface area contributed by atoms with Gasteiger partial charge in [0.2, 0.25) is 5.54 Å². The number of nitrogens with one attached hydrogen (secondary N) is 3. The van der Waals surface area contributed by atoms with Crippen molar-refractivity contribution in [2.24, 2.45) is 0 Å². The summed E-state index contributed by atoms with van der Waals surface area (Å²) in [6.07, 6.45) is -27.0. The molecule has 3 amide bonds. The smallest absolute Gasteiger partial charge is 0.315 e. The van der Waals surface area contributed by atoms with E-state index >= 15 is 0 Å². The number of rotatable bonds is 5. The molecule has 0 saturated heterocycles. The zero-order chi connectivity index (χ0) is 26.8. The van der Waals surface area contributed by atoms with Crippen molar-refractivity contribution in [2.75, 3.05) is 0 Å². The van der Waals surface area contributed by atoms with Gasteiger partial charge in [-0.1, -0.05) is 19.1 Å². The quantitative estimate of drug-likeness (QED) is 0.372. The van der Waals surface area contributed by atoms with Crippen LogP contribution in [-0.2, 0) is 12.8 Å². The van der Waals surface area contributed by atoms with E-state index in [-0.39, 0.29) is 0 Å². The lowest BCUT2D eigenvalue weighted by Gasteiger charge is -2.36. The number of halogens is 12. The Bertz CT molecular complexity index is 874. The minimum Gasteiger partial charge on any atom is -0.315 e. The third kappa shape index (κ3) is 7.58. The van der Waals surface area contributed by atoms with Crippen molar-refractivity contribution < 1.29 is 62.3 Å². The molecular formula is C17H15F12N3O2. The normalized spacial score (nSPS) is 13.4. The lowest BCUT2D eigenvalue weighted by molar-refractivity contribution is -0.304. The molecule has 0 heterocycles. The van der Waals surface area contributed by atoms with Crippen LogP contribution in [0.5, 0.6) is 0 Å². The molecule has 3 N–H and O–H groups in total. The first-order chi connectivity index (χ1) is 15.1. The van der Waals surface area contributed by atoms with Crippen molar-refractivity contribution in [1.29, 1.82) is 0 Å². The fourth-order valence-electron chi connectivity index (χ4n) is 2.74.